The van der Waals surface area contributed by atoms with E-state index in [0.29, 0.717) is 12.0 Å². The van der Waals surface area contributed by atoms with Crippen molar-refractivity contribution in [2.45, 2.75) is 39.7 Å². The zero-order chi connectivity index (χ0) is 15.1. The Labute approximate surface area is 129 Å². The minimum absolute atomic E-state index is 0.542. The van der Waals surface area contributed by atoms with Crippen LogP contribution in [0.2, 0.25) is 0 Å². The van der Waals surface area contributed by atoms with Crippen molar-refractivity contribution in [1.29, 1.82) is 0 Å². The minimum atomic E-state index is 0.542. The molecule has 0 aliphatic heterocycles. The first-order valence-corrected chi connectivity index (χ1v) is 7.97. The summed E-state index contributed by atoms with van der Waals surface area (Å²) in [4.78, 5) is 0. The zero-order valence-corrected chi connectivity index (χ0v) is 13.5. The molecule has 1 nitrogen and oxygen atoms in total. The minimum Gasteiger partial charge on any atom is -0.314 e. The number of nitrogens with one attached hydrogen (secondary N) is 1. The fourth-order valence-electron chi connectivity index (χ4n) is 2.72. The molecule has 0 saturated carbocycles. The van der Waals surface area contributed by atoms with E-state index in [1.807, 2.05) is 0 Å². The summed E-state index contributed by atoms with van der Waals surface area (Å²) in [5, 5.41) is 3.61. The van der Waals surface area contributed by atoms with Gasteiger partial charge in [0.1, 0.15) is 0 Å². The monoisotopic (exact) mass is 281 g/mol. The second-order valence-electron chi connectivity index (χ2n) is 6.25. The second kappa shape index (κ2) is 7.99. The van der Waals surface area contributed by atoms with Gasteiger partial charge in [-0.1, -0.05) is 68.4 Å². The first kappa shape index (κ1) is 15.8. The quantitative estimate of drug-likeness (QED) is 0.793. The van der Waals surface area contributed by atoms with Gasteiger partial charge < -0.3 is 5.32 Å². The van der Waals surface area contributed by atoms with Crippen molar-refractivity contribution in [3.63, 3.8) is 0 Å². The largest absolute Gasteiger partial charge is 0.314 e. The molecule has 1 atom stereocenters. The van der Waals surface area contributed by atoms with E-state index in [1.165, 1.54) is 16.7 Å². The zero-order valence-electron chi connectivity index (χ0n) is 13.5. The van der Waals surface area contributed by atoms with Crippen LogP contribution in [-0.4, -0.2) is 12.6 Å². The number of rotatable bonds is 7. The van der Waals surface area contributed by atoms with Crippen molar-refractivity contribution >= 4 is 0 Å². The van der Waals surface area contributed by atoms with Crippen LogP contribution in [-0.2, 0) is 12.8 Å². The van der Waals surface area contributed by atoms with Gasteiger partial charge in [-0.2, -0.15) is 0 Å². The molecule has 0 fully saturated rings. The summed E-state index contributed by atoms with van der Waals surface area (Å²) in [6, 6.07) is 20.1. The van der Waals surface area contributed by atoms with E-state index in [4.69, 9.17) is 0 Å². The van der Waals surface area contributed by atoms with E-state index in [1.54, 1.807) is 0 Å². The van der Waals surface area contributed by atoms with E-state index in [2.05, 4.69) is 80.7 Å². The average Bonchev–Trinajstić information content (AvgIpc) is 2.48. The molecule has 1 heteroatoms. The first-order chi connectivity index (χ1) is 10.1. The Bertz CT molecular complexity index is 531. The van der Waals surface area contributed by atoms with Crippen molar-refractivity contribution < 1.29 is 0 Å². The second-order valence-corrected chi connectivity index (χ2v) is 6.25. The van der Waals surface area contributed by atoms with Gasteiger partial charge in [0.2, 0.25) is 0 Å². The Morgan fingerprint density at radius 3 is 2.19 bits per heavy atom. The van der Waals surface area contributed by atoms with Crippen LogP contribution in [0.4, 0.5) is 0 Å². The topological polar surface area (TPSA) is 12.0 Å². The molecular weight excluding hydrogens is 254 g/mol. The van der Waals surface area contributed by atoms with Crippen LogP contribution < -0.4 is 5.32 Å². The lowest BCUT2D eigenvalue weighted by Crippen LogP contribution is -2.31. The lowest BCUT2D eigenvalue weighted by molar-refractivity contribution is 0.443. The summed E-state index contributed by atoms with van der Waals surface area (Å²) in [5.41, 5.74) is 4.31. The van der Waals surface area contributed by atoms with Crippen molar-refractivity contribution in [2.24, 2.45) is 5.92 Å². The van der Waals surface area contributed by atoms with Gasteiger partial charge in [0.05, 0.1) is 0 Å². The van der Waals surface area contributed by atoms with Crippen LogP contribution in [0.3, 0.4) is 0 Å². The summed E-state index contributed by atoms with van der Waals surface area (Å²) in [7, 11) is 0. The molecule has 0 aromatic heterocycles. The Kier molecular flexibility index (Phi) is 6.01. The van der Waals surface area contributed by atoms with Crippen LogP contribution in [0, 0.1) is 12.8 Å². The van der Waals surface area contributed by atoms with E-state index >= 15 is 0 Å². The van der Waals surface area contributed by atoms with Gasteiger partial charge in [0.15, 0.2) is 0 Å². The highest BCUT2D eigenvalue weighted by atomic mass is 14.9. The predicted molar refractivity (Wildman–Crippen MR) is 91.7 cm³/mol. The summed E-state index contributed by atoms with van der Waals surface area (Å²) < 4.78 is 0. The van der Waals surface area contributed by atoms with Crippen molar-refractivity contribution in [3.05, 3.63) is 71.3 Å². The fraction of sp³-hybridized carbons (Fsp3) is 0.400. The number of hydrogen-bond donors (Lipinski definition) is 1. The van der Waals surface area contributed by atoms with Crippen LogP contribution in [0.25, 0.3) is 0 Å². The first-order valence-electron chi connectivity index (χ1n) is 7.97. The summed E-state index contributed by atoms with van der Waals surface area (Å²) in [6.07, 6.45) is 2.27. The molecule has 0 bridgehead atoms. The molecule has 0 aliphatic carbocycles. The van der Waals surface area contributed by atoms with Crippen LogP contribution in [0.15, 0.2) is 54.6 Å². The van der Waals surface area contributed by atoms with Crippen molar-refractivity contribution in [2.75, 3.05) is 6.54 Å². The SMILES string of the molecule is Cc1ccccc1CC(CNC(C)C)Cc1ccccc1. The number of benzene rings is 2. The maximum atomic E-state index is 3.61. The van der Waals surface area contributed by atoms with Crippen molar-refractivity contribution in [3.8, 4) is 0 Å². The van der Waals surface area contributed by atoms with Crippen LogP contribution >= 0.6 is 0 Å². The fourth-order valence-corrected chi connectivity index (χ4v) is 2.72. The van der Waals surface area contributed by atoms with E-state index < -0.39 is 0 Å². The van der Waals surface area contributed by atoms with Gasteiger partial charge in [-0.25, -0.2) is 0 Å². The average molecular weight is 281 g/mol. The molecule has 2 aromatic carbocycles. The third kappa shape index (κ3) is 5.35. The molecular formula is C20H27N. The highest BCUT2D eigenvalue weighted by molar-refractivity contribution is 5.26. The third-order valence-corrected chi connectivity index (χ3v) is 3.95. The van der Waals surface area contributed by atoms with Gasteiger partial charge in [0, 0.05) is 6.04 Å². The maximum absolute atomic E-state index is 3.61. The Balaban J connectivity index is 2.06. The normalized spacial score (nSPS) is 12.6. The van der Waals surface area contributed by atoms with E-state index in [0.717, 1.165) is 19.4 Å². The molecule has 0 amide bonds. The van der Waals surface area contributed by atoms with Gasteiger partial charge in [-0.05, 0) is 48.9 Å². The lowest BCUT2D eigenvalue weighted by atomic mass is 9.90. The molecule has 2 aromatic rings. The van der Waals surface area contributed by atoms with E-state index in [-0.39, 0.29) is 0 Å². The Hall–Kier alpha value is -1.60. The van der Waals surface area contributed by atoms with E-state index in [9.17, 15) is 0 Å². The molecule has 21 heavy (non-hydrogen) atoms. The predicted octanol–water partition coefficient (Wildman–Crippen LogP) is 4.39. The maximum Gasteiger partial charge on any atom is 0.00104 e. The summed E-state index contributed by atoms with van der Waals surface area (Å²) in [6.45, 7) is 7.71. The summed E-state index contributed by atoms with van der Waals surface area (Å²) in [5.74, 6) is 0.635. The highest BCUT2D eigenvalue weighted by Gasteiger charge is 2.12. The van der Waals surface area contributed by atoms with Gasteiger partial charge in [0.25, 0.3) is 0 Å². The van der Waals surface area contributed by atoms with Crippen LogP contribution in [0.1, 0.15) is 30.5 Å². The lowest BCUT2D eigenvalue weighted by Gasteiger charge is -2.20. The number of aryl methyl sites for hydroxylation is 1. The molecule has 0 heterocycles. The molecule has 0 spiro atoms. The van der Waals surface area contributed by atoms with Gasteiger partial charge in [-0.15, -0.1) is 0 Å². The highest BCUT2D eigenvalue weighted by Crippen LogP contribution is 2.17. The van der Waals surface area contributed by atoms with Gasteiger partial charge >= 0.3 is 0 Å². The molecule has 1 N–H and O–H groups in total. The van der Waals surface area contributed by atoms with Crippen molar-refractivity contribution in [1.82, 2.24) is 5.32 Å². The Morgan fingerprint density at radius 1 is 0.857 bits per heavy atom. The standard InChI is InChI=1S/C20H27N/c1-16(2)21-15-19(13-18-10-5-4-6-11-18)14-20-12-8-7-9-17(20)3/h4-12,16,19,21H,13-15H2,1-3H3. The van der Waals surface area contributed by atoms with Gasteiger partial charge in [-0.3, -0.25) is 0 Å². The summed E-state index contributed by atoms with van der Waals surface area (Å²) >= 11 is 0. The number of hydrogen-bond acceptors (Lipinski definition) is 1. The van der Waals surface area contributed by atoms with Crippen LogP contribution in [0.5, 0.6) is 0 Å². The molecule has 0 aliphatic rings. The molecule has 0 radical (unpaired) electrons. The Morgan fingerprint density at radius 2 is 1.52 bits per heavy atom. The molecule has 2 rings (SSSR count). The molecule has 1 unspecified atom stereocenters. The third-order valence-electron chi connectivity index (χ3n) is 3.95. The molecule has 0 saturated heterocycles. The smallest absolute Gasteiger partial charge is 0.00104 e. The molecule has 112 valence electrons.